The van der Waals surface area contributed by atoms with E-state index in [1.165, 1.54) is 0 Å². The molecular formula is C36H68N2O6. The summed E-state index contributed by atoms with van der Waals surface area (Å²) in [5, 5.41) is 4.26. The van der Waals surface area contributed by atoms with Crippen LogP contribution in [0.1, 0.15) is 173 Å². The Morgan fingerprint density at radius 3 is 1.11 bits per heavy atom. The quantitative estimate of drug-likeness (QED) is 0.117. The molecule has 258 valence electrons. The van der Waals surface area contributed by atoms with E-state index in [0.29, 0.717) is 12.8 Å². The standard InChI is InChI=1S/C36H68N2O6/c1-13-27(3)43-37-33(5,6)23-29(24-34(37,7)8)41-31(39)21-19-17-15-16-18-20-22-32(40)42-30-25-35(9,10)38(36(11,12)26-30)44-28(4)14-2/h27-30H,13-26H2,1-12H3. The lowest BCUT2D eigenvalue weighted by Crippen LogP contribution is -2.62. The van der Waals surface area contributed by atoms with Crippen molar-refractivity contribution >= 4 is 11.9 Å². The van der Waals surface area contributed by atoms with Gasteiger partial charge in [0.2, 0.25) is 0 Å². The minimum atomic E-state index is -0.213. The van der Waals surface area contributed by atoms with Crippen LogP contribution in [-0.2, 0) is 28.7 Å². The molecule has 2 aliphatic rings. The van der Waals surface area contributed by atoms with Crippen molar-refractivity contribution in [1.29, 1.82) is 0 Å². The number of carbonyl (C=O) groups excluding carboxylic acids is 2. The second kappa shape index (κ2) is 16.6. The van der Waals surface area contributed by atoms with Crippen molar-refractivity contribution in [2.24, 2.45) is 0 Å². The molecule has 8 heteroatoms. The number of carbonyl (C=O) groups is 2. The van der Waals surface area contributed by atoms with Crippen LogP contribution in [0.25, 0.3) is 0 Å². The lowest BCUT2D eigenvalue weighted by Gasteiger charge is -2.54. The fraction of sp³-hybridized carbons (Fsp3) is 0.944. The smallest absolute Gasteiger partial charge is 0.306 e. The SMILES string of the molecule is CCC(C)ON1C(C)(C)CC(OC(=O)CCCCCCCCC(=O)OC2CC(C)(C)N(OC(C)CC)C(C)(C)C2)CC1(C)C. The minimum absolute atomic E-state index is 0.0909. The summed E-state index contributed by atoms with van der Waals surface area (Å²) in [6, 6.07) is 0. The Morgan fingerprint density at radius 2 is 0.841 bits per heavy atom. The summed E-state index contributed by atoms with van der Waals surface area (Å²) in [5.74, 6) is -0.187. The molecule has 0 aromatic heterocycles. The van der Waals surface area contributed by atoms with Crippen LogP contribution < -0.4 is 0 Å². The van der Waals surface area contributed by atoms with Crippen LogP contribution in [0.3, 0.4) is 0 Å². The first-order valence-electron chi connectivity index (χ1n) is 17.7. The van der Waals surface area contributed by atoms with Crippen molar-refractivity contribution in [2.45, 2.75) is 220 Å². The number of hydroxylamine groups is 4. The molecule has 2 aliphatic heterocycles. The Morgan fingerprint density at radius 1 is 0.568 bits per heavy atom. The Bertz CT molecular complexity index is 793. The van der Waals surface area contributed by atoms with Gasteiger partial charge in [0.1, 0.15) is 12.2 Å². The molecule has 0 radical (unpaired) electrons. The van der Waals surface area contributed by atoms with Crippen molar-refractivity contribution < 1.29 is 28.7 Å². The van der Waals surface area contributed by atoms with Gasteiger partial charge in [-0.2, -0.15) is 10.1 Å². The van der Waals surface area contributed by atoms with Gasteiger partial charge < -0.3 is 9.47 Å². The lowest BCUT2D eigenvalue weighted by molar-refractivity contribution is -0.312. The van der Waals surface area contributed by atoms with E-state index < -0.39 is 0 Å². The van der Waals surface area contributed by atoms with E-state index >= 15 is 0 Å². The van der Waals surface area contributed by atoms with Gasteiger partial charge in [-0.25, -0.2) is 0 Å². The van der Waals surface area contributed by atoms with Crippen molar-refractivity contribution in [2.75, 3.05) is 0 Å². The van der Waals surface area contributed by atoms with Crippen LogP contribution in [0.4, 0.5) is 0 Å². The van der Waals surface area contributed by atoms with Gasteiger partial charge in [-0.05, 0) is 94.9 Å². The molecule has 2 atom stereocenters. The number of esters is 2. The van der Waals surface area contributed by atoms with Gasteiger partial charge in [-0.1, -0.05) is 39.5 Å². The highest BCUT2D eigenvalue weighted by molar-refractivity contribution is 5.69. The fourth-order valence-electron chi connectivity index (χ4n) is 7.33. The van der Waals surface area contributed by atoms with Crippen LogP contribution in [0.15, 0.2) is 0 Å². The molecule has 0 aromatic carbocycles. The predicted molar refractivity (Wildman–Crippen MR) is 177 cm³/mol. The number of hydrogen-bond donors (Lipinski definition) is 0. The topological polar surface area (TPSA) is 77.5 Å². The first-order valence-corrected chi connectivity index (χ1v) is 17.7. The molecule has 0 bridgehead atoms. The van der Waals surface area contributed by atoms with E-state index in [4.69, 9.17) is 19.1 Å². The van der Waals surface area contributed by atoms with Crippen LogP contribution in [-0.4, -0.2) is 68.6 Å². The summed E-state index contributed by atoms with van der Waals surface area (Å²) >= 11 is 0. The third-order valence-corrected chi connectivity index (χ3v) is 9.44. The fourth-order valence-corrected chi connectivity index (χ4v) is 7.33. The highest BCUT2D eigenvalue weighted by Gasteiger charge is 2.49. The molecule has 0 amide bonds. The molecule has 44 heavy (non-hydrogen) atoms. The van der Waals surface area contributed by atoms with Gasteiger partial charge >= 0.3 is 11.9 Å². The summed E-state index contributed by atoms with van der Waals surface area (Å²) in [5.41, 5.74) is -0.852. The zero-order valence-corrected chi connectivity index (χ0v) is 30.6. The largest absolute Gasteiger partial charge is 0.462 e. The second-order valence-corrected chi connectivity index (χ2v) is 16.1. The maximum absolute atomic E-state index is 12.6. The Balaban J connectivity index is 1.62. The predicted octanol–water partition coefficient (Wildman–Crippen LogP) is 8.70. The summed E-state index contributed by atoms with van der Waals surface area (Å²) in [6.07, 6.45) is 11.8. The number of nitrogens with zero attached hydrogens (tertiary/aromatic N) is 2. The molecular weight excluding hydrogens is 556 g/mol. The molecule has 0 aliphatic carbocycles. The van der Waals surface area contributed by atoms with Gasteiger partial charge in [0.25, 0.3) is 0 Å². The highest BCUT2D eigenvalue weighted by atomic mass is 16.7. The molecule has 2 rings (SSSR count). The van der Waals surface area contributed by atoms with Gasteiger partial charge in [0.05, 0.1) is 12.2 Å². The molecule has 8 nitrogen and oxygen atoms in total. The highest BCUT2D eigenvalue weighted by Crippen LogP contribution is 2.42. The molecule has 0 saturated carbocycles. The first kappa shape index (κ1) is 39.0. The maximum atomic E-state index is 12.6. The van der Waals surface area contributed by atoms with E-state index in [0.717, 1.165) is 77.0 Å². The third kappa shape index (κ3) is 11.9. The van der Waals surface area contributed by atoms with Gasteiger partial charge in [-0.15, -0.1) is 0 Å². The van der Waals surface area contributed by atoms with E-state index in [1.54, 1.807) is 0 Å². The van der Waals surface area contributed by atoms with Crippen molar-refractivity contribution in [3.05, 3.63) is 0 Å². The first-order chi connectivity index (χ1) is 20.3. The number of ether oxygens (including phenoxy) is 2. The maximum Gasteiger partial charge on any atom is 0.306 e. The summed E-state index contributed by atoms with van der Waals surface area (Å²) in [7, 11) is 0. The molecule has 0 N–H and O–H groups in total. The number of rotatable bonds is 17. The number of unbranched alkanes of at least 4 members (excludes halogenated alkanes) is 5. The zero-order valence-electron chi connectivity index (χ0n) is 30.6. The second-order valence-electron chi connectivity index (χ2n) is 16.1. The van der Waals surface area contributed by atoms with Crippen LogP contribution in [0.2, 0.25) is 0 Å². The van der Waals surface area contributed by atoms with Crippen molar-refractivity contribution in [3.8, 4) is 0 Å². The van der Waals surface area contributed by atoms with E-state index in [-0.39, 0.29) is 58.5 Å². The van der Waals surface area contributed by atoms with Gasteiger partial charge in [0.15, 0.2) is 0 Å². The lowest BCUT2D eigenvalue weighted by atomic mass is 9.80. The van der Waals surface area contributed by atoms with Crippen LogP contribution in [0, 0.1) is 0 Å². The number of piperidine rings is 2. The molecule has 2 heterocycles. The van der Waals surface area contributed by atoms with E-state index in [2.05, 4.69) is 93.2 Å². The average Bonchev–Trinajstić information content (AvgIpc) is 2.88. The Labute approximate surface area is 270 Å². The normalized spacial score (nSPS) is 23.6. The molecule has 2 unspecified atom stereocenters. The van der Waals surface area contributed by atoms with Gasteiger partial charge in [-0.3, -0.25) is 19.3 Å². The van der Waals surface area contributed by atoms with Crippen LogP contribution >= 0.6 is 0 Å². The van der Waals surface area contributed by atoms with Crippen LogP contribution in [0.5, 0.6) is 0 Å². The Hall–Kier alpha value is -1.22. The van der Waals surface area contributed by atoms with Gasteiger partial charge in [0, 0.05) is 60.7 Å². The molecule has 2 fully saturated rings. The summed E-state index contributed by atoms with van der Waals surface area (Å²) in [6.45, 7) is 25.8. The van der Waals surface area contributed by atoms with E-state index in [9.17, 15) is 9.59 Å². The molecule has 2 saturated heterocycles. The minimum Gasteiger partial charge on any atom is -0.462 e. The molecule has 0 spiro atoms. The van der Waals surface area contributed by atoms with E-state index in [1.807, 2.05) is 0 Å². The summed E-state index contributed by atoms with van der Waals surface area (Å²) in [4.78, 5) is 37.9. The third-order valence-electron chi connectivity index (χ3n) is 9.44. The number of hydrogen-bond acceptors (Lipinski definition) is 8. The van der Waals surface area contributed by atoms with Crippen molar-refractivity contribution in [3.63, 3.8) is 0 Å². The monoisotopic (exact) mass is 625 g/mol. The van der Waals surface area contributed by atoms with Crippen molar-refractivity contribution in [1.82, 2.24) is 10.1 Å². The average molecular weight is 625 g/mol. The Kier molecular flexibility index (Phi) is 14.7. The molecule has 0 aromatic rings. The zero-order chi connectivity index (χ0) is 33.3. The summed E-state index contributed by atoms with van der Waals surface area (Å²) < 4.78 is 11.9.